The van der Waals surface area contributed by atoms with Crippen LogP contribution in [0, 0.1) is 0 Å². The quantitative estimate of drug-likeness (QED) is 0.363. The van der Waals surface area contributed by atoms with Gasteiger partial charge in [0.05, 0.1) is 5.56 Å². The molecular formula is C15H24F3N5O. The van der Waals surface area contributed by atoms with E-state index >= 15 is 0 Å². The molecule has 0 radical (unpaired) electrons. The van der Waals surface area contributed by atoms with Crippen LogP contribution in [-0.2, 0) is 10.9 Å². The van der Waals surface area contributed by atoms with Crippen LogP contribution in [-0.4, -0.2) is 50.8 Å². The van der Waals surface area contributed by atoms with Crippen molar-refractivity contribution in [1.82, 2.24) is 15.6 Å². The Kier molecular flexibility index (Phi) is 8.92. The molecule has 136 valence electrons. The zero-order valence-electron chi connectivity index (χ0n) is 13.9. The lowest BCUT2D eigenvalue weighted by Gasteiger charge is -2.14. The molecule has 6 nitrogen and oxygen atoms in total. The van der Waals surface area contributed by atoms with Gasteiger partial charge in [0.1, 0.15) is 5.82 Å². The van der Waals surface area contributed by atoms with Gasteiger partial charge in [-0.15, -0.1) is 0 Å². The molecule has 0 saturated heterocycles. The van der Waals surface area contributed by atoms with Crippen LogP contribution >= 0.6 is 0 Å². The average molecular weight is 347 g/mol. The van der Waals surface area contributed by atoms with Crippen molar-refractivity contribution in [3.05, 3.63) is 23.9 Å². The second-order valence-corrected chi connectivity index (χ2v) is 4.86. The summed E-state index contributed by atoms with van der Waals surface area (Å²) in [6, 6.07) is 2.27. The lowest BCUT2D eigenvalue weighted by Crippen LogP contribution is -2.39. The van der Waals surface area contributed by atoms with Crippen molar-refractivity contribution in [2.75, 3.05) is 45.2 Å². The van der Waals surface area contributed by atoms with E-state index in [0.29, 0.717) is 32.2 Å². The Morgan fingerprint density at radius 3 is 2.75 bits per heavy atom. The van der Waals surface area contributed by atoms with E-state index < -0.39 is 11.7 Å². The molecule has 0 atom stereocenters. The fraction of sp³-hybridized carbons (Fsp3) is 0.600. The van der Waals surface area contributed by atoms with Crippen LogP contribution in [0.15, 0.2) is 23.3 Å². The van der Waals surface area contributed by atoms with Gasteiger partial charge < -0.3 is 20.7 Å². The highest BCUT2D eigenvalue weighted by Crippen LogP contribution is 2.33. The van der Waals surface area contributed by atoms with Gasteiger partial charge in [0.2, 0.25) is 0 Å². The van der Waals surface area contributed by atoms with E-state index in [1.807, 2.05) is 6.92 Å². The van der Waals surface area contributed by atoms with Crippen molar-refractivity contribution in [2.24, 2.45) is 4.99 Å². The smallest absolute Gasteiger partial charge is 0.385 e. The maximum Gasteiger partial charge on any atom is 0.419 e. The van der Waals surface area contributed by atoms with Crippen molar-refractivity contribution >= 4 is 11.8 Å². The van der Waals surface area contributed by atoms with Gasteiger partial charge in [0.25, 0.3) is 0 Å². The number of guanidine groups is 1. The molecule has 3 N–H and O–H groups in total. The third-order valence-corrected chi connectivity index (χ3v) is 2.94. The van der Waals surface area contributed by atoms with Crippen molar-refractivity contribution in [2.45, 2.75) is 19.5 Å². The van der Waals surface area contributed by atoms with Gasteiger partial charge in [-0.1, -0.05) is 0 Å². The molecule has 9 heteroatoms. The van der Waals surface area contributed by atoms with E-state index in [4.69, 9.17) is 4.74 Å². The molecule has 1 heterocycles. The fourth-order valence-electron chi connectivity index (χ4n) is 1.88. The number of ether oxygens (including phenoxy) is 1. The monoisotopic (exact) mass is 347 g/mol. The number of methoxy groups -OCH3 is 1. The number of halogens is 3. The zero-order chi connectivity index (χ0) is 17.8. The zero-order valence-corrected chi connectivity index (χ0v) is 13.9. The second kappa shape index (κ2) is 10.7. The predicted octanol–water partition coefficient (Wildman–Crippen LogP) is 2.10. The molecule has 0 saturated carbocycles. The first-order chi connectivity index (χ1) is 11.5. The maximum atomic E-state index is 12.9. The van der Waals surface area contributed by atoms with Gasteiger partial charge in [-0.25, -0.2) is 4.98 Å². The molecular weight excluding hydrogens is 323 g/mol. The number of alkyl halides is 3. The van der Waals surface area contributed by atoms with E-state index in [0.717, 1.165) is 12.5 Å². The van der Waals surface area contributed by atoms with E-state index in [1.54, 1.807) is 7.11 Å². The van der Waals surface area contributed by atoms with E-state index in [9.17, 15) is 13.2 Å². The minimum atomic E-state index is -4.43. The normalized spacial score (nSPS) is 12.1. The minimum Gasteiger partial charge on any atom is -0.385 e. The van der Waals surface area contributed by atoms with Gasteiger partial charge in [-0.2, -0.15) is 13.2 Å². The predicted molar refractivity (Wildman–Crippen MR) is 88.2 cm³/mol. The van der Waals surface area contributed by atoms with Crippen molar-refractivity contribution < 1.29 is 17.9 Å². The Bertz CT molecular complexity index is 508. The van der Waals surface area contributed by atoms with Crippen molar-refractivity contribution in [1.29, 1.82) is 0 Å². The summed E-state index contributed by atoms with van der Waals surface area (Å²) in [6.07, 6.45) is -2.30. The summed E-state index contributed by atoms with van der Waals surface area (Å²) in [4.78, 5) is 8.09. The number of hydrogen-bond donors (Lipinski definition) is 3. The summed E-state index contributed by atoms with van der Waals surface area (Å²) in [5.74, 6) is 0.446. The fourth-order valence-corrected chi connectivity index (χ4v) is 1.88. The summed E-state index contributed by atoms with van der Waals surface area (Å²) < 4.78 is 43.5. The lowest BCUT2D eigenvalue weighted by molar-refractivity contribution is -0.137. The van der Waals surface area contributed by atoms with E-state index in [2.05, 4.69) is 25.9 Å². The van der Waals surface area contributed by atoms with E-state index in [-0.39, 0.29) is 12.4 Å². The molecule has 0 aromatic carbocycles. The van der Waals surface area contributed by atoms with Crippen LogP contribution in [0.5, 0.6) is 0 Å². The molecule has 1 aromatic rings. The second-order valence-electron chi connectivity index (χ2n) is 4.86. The number of nitrogens with zero attached hydrogens (tertiary/aromatic N) is 2. The van der Waals surface area contributed by atoms with Gasteiger partial charge in [-0.05, 0) is 25.5 Å². The molecule has 0 spiro atoms. The number of hydrogen-bond acceptors (Lipinski definition) is 4. The molecule has 1 rings (SSSR count). The molecule has 0 aliphatic rings. The average Bonchev–Trinajstić information content (AvgIpc) is 2.55. The van der Waals surface area contributed by atoms with Gasteiger partial charge in [-0.3, -0.25) is 4.99 Å². The van der Waals surface area contributed by atoms with E-state index in [1.165, 1.54) is 12.3 Å². The largest absolute Gasteiger partial charge is 0.419 e. The highest BCUT2D eigenvalue weighted by Gasteiger charge is 2.33. The van der Waals surface area contributed by atoms with Gasteiger partial charge in [0.15, 0.2) is 5.96 Å². The first-order valence-electron chi connectivity index (χ1n) is 7.76. The number of aliphatic imine (C=N–C) groups is 1. The number of pyridine rings is 1. The Hall–Kier alpha value is -2.03. The Balaban J connectivity index is 2.46. The lowest BCUT2D eigenvalue weighted by atomic mass is 10.2. The van der Waals surface area contributed by atoms with Crippen LogP contribution in [0.2, 0.25) is 0 Å². The number of nitrogens with one attached hydrogen (secondary N) is 3. The molecule has 0 bridgehead atoms. The van der Waals surface area contributed by atoms with Gasteiger partial charge in [0, 0.05) is 46.1 Å². The SMILES string of the molecule is CCNC(=NCCCOC)NCCNc1ncccc1C(F)(F)F. The molecule has 0 fully saturated rings. The topological polar surface area (TPSA) is 70.6 Å². The number of rotatable bonds is 9. The highest BCUT2D eigenvalue weighted by molar-refractivity contribution is 5.79. The number of aromatic nitrogens is 1. The van der Waals surface area contributed by atoms with Crippen molar-refractivity contribution in [3.8, 4) is 0 Å². The Labute approximate surface area is 139 Å². The summed E-state index contributed by atoms with van der Waals surface area (Å²) in [5.41, 5.74) is -0.773. The third-order valence-electron chi connectivity index (χ3n) is 2.94. The Morgan fingerprint density at radius 2 is 2.08 bits per heavy atom. The van der Waals surface area contributed by atoms with Gasteiger partial charge >= 0.3 is 6.18 Å². The molecule has 0 unspecified atom stereocenters. The summed E-state index contributed by atoms with van der Waals surface area (Å²) >= 11 is 0. The maximum absolute atomic E-state index is 12.9. The third kappa shape index (κ3) is 7.49. The van der Waals surface area contributed by atoms with Crippen LogP contribution in [0.1, 0.15) is 18.9 Å². The van der Waals surface area contributed by atoms with Crippen molar-refractivity contribution in [3.63, 3.8) is 0 Å². The molecule has 0 amide bonds. The molecule has 0 aliphatic carbocycles. The summed E-state index contributed by atoms with van der Waals surface area (Å²) in [6.45, 7) is 4.56. The highest BCUT2D eigenvalue weighted by atomic mass is 19.4. The molecule has 24 heavy (non-hydrogen) atoms. The Morgan fingerprint density at radius 1 is 1.29 bits per heavy atom. The summed E-state index contributed by atoms with van der Waals surface area (Å²) in [7, 11) is 1.63. The molecule has 0 aliphatic heterocycles. The first-order valence-corrected chi connectivity index (χ1v) is 7.76. The van der Waals surface area contributed by atoms with Crippen LogP contribution < -0.4 is 16.0 Å². The summed E-state index contributed by atoms with van der Waals surface area (Å²) in [5, 5.41) is 8.82. The van der Waals surface area contributed by atoms with Crippen LogP contribution in [0.4, 0.5) is 19.0 Å². The first kappa shape index (κ1) is 20.0. The molecule has 1 aromatic heterocycles. The van der Waals surface area contributed by atoms with Crippen LogP contribution in [0.25, 0.3) is 0 Å². The van der Waals surface area contributed by atoms with Crippen LogP contribution in [0.3, 0.4) is 0 Å². The minimum absolute atomic E-state index is 0.172. The number of anilines is 1. The standard InChI is InChI=1S/C15H24F3N5O/c1-3-19-14(22-8-5-11-24-2)23-10-9-21-13-12(15(16,17)18)6-4-7-20-13/h4,6-7H,3,5,8-11H2,1-2H3,(H,20,21)(H2,19,22,23).